The monoisotopic (exact) mass is 213 g/mol. The van der Waals surface area contributed by atoms with Crippen LogP contribution in [0.25, 0.3) is 0 Å². The van der Waals surface area contributed by atoms with Gasteiger partial charge in [-0.2, -0.15) is 26.3 Å². The lowest BCUT2D eigenvalue weighted by molar-refractivity contribution is -0.385. The molecular weight excluding hydrogens is 213 g/mol. The zero-order chi connectivity index (χ0) is 11.1. The summed E-state index contributed by atoms with van der Waals surface area (Å²) in [6.07, 6.45) is -13.2. The molecule has 13 heavy (non-hydrogen) atoms. The Kier molecular flexibility index (Phi) is 2.52. The van der Waals surface area contributed by atoms with Crippen LogP contribution in [0.5, 0.6) is 0 Å². The molecule has 0 saturated carbocycles. The molecule has 0 spiro atoms. The summed E-state index contributed by atoms with van der Waals surface area (Å²) in [5, 5.41) is 9.39. The number of hydrogen-bond acceptors (Lipinski definition) is 2. The van der Waals surface area contributed by atoms with Crippen LogP contribution in [-0.4, -0.2) is 24.0 Å². The summed E-state index contributed by atoms with van der Waals surface area (Å²) >= 11 is 0. The van der Waals surface area contributed by atoms with Crippen LogP contribution in [0.1, 0.15) is 0 Å². The number of carboxylic acids is 1. The maximum absolute atomic E-state index is 12.0. The van der Waals surface area contributed by atoms with E-state index < -0.39 is 24.0 Å². The maximum atomic E-state index is 12.0. The highest BCUT2D eigenvalue weighted by atomic mass is 19.4. The lowest BCUT2D eigenvalue weighted by atomic mass is 10.1. The molecule has 0 aliphatic heterocycles. The minimum absolute atomic E-state index is 3.88. The van der Waals surface area contributed by atoms with Crippen LogP contribution in [0.3, 0.4) is 0 Å². The van der Waals surface area contributed by atoms with Gasteiger partial charge in [-0.25, -0.2) is 4.39 Å². The molecule has 0 N–H and O–H groups in total. The molecule has 0 aromatic carbocycles. The van der Waals surface area contributed by atoms with Crippen LogP contribution in [-0.2, 0) is 4.79 Å². The predicted molar refractivity (Wildman–Crippen MR) is 21.0 cm³/mol. The van der Waals surface area contributed by atoms with Crippen molar-refractivity contribution in [2.24, 2.45) is 0 Å². The first-order valence-corrected chi connectivity index (χ1v) is 2.48. The third-order valence-corrected chi connectivity index (χ3v) is 1.06. The molecule has 0 radical (unpaired) electrons. The molecule has 0 atom stereocenters. The van der Waals surface area contributed by atoms with Gasteiger partial charge in [0.15, 0.2) is 0 Å². The highest BCUT2D eigenvalue weighted by Gasteiger charge is 2.73. The van der Waals surface area contributed by atoms with Crippen LogP contribution in [0.2, 0.25) is 0 Å². The molecule has 0 aliphatic carbocycles. The molecule has 0 aromatic rings. The summed E-state index contributed by atoms with van der Waals surface area (Å²) in [6.45, 7) is 0. The second kappa shape index (κ2) is 2.74. The third-order valence-electron chi connectivity index (χ3n) is 1.06. The van der Waals surface area contributed by atoms with Crippen LogP contribution in [0.15, 0.2) is 0 Å². The normalized spacial score (nSPS) is 14.4. The molecule has 0 rings (SSSR count). The van der Waals surface area contributed by atoms with Crippen LogP contribution < -0.4 is 5.11 Å². The van der Waals surface area contributed by atoms with E-state index in [1.54, 1.807) is 0 Å². The van der Waals surface area contributed by atoms with Crippen molar-refractivity contribution in [3.63, 3.8) is 0 Å². The Morgan fingerprint density at radius 2 is 1.08 bits per heavy atom. The highest BCUT2D eigenvalue weighted by Crippen LogP contribution is 2.45. The van der Waals surface area contributed by atoms with E-state index in [4.69, 9.17) is 0 Å². The Labute approximate surface area is 65.9 Å². The number of halogens is 7. The van der Waals surface area contributed by atoms with E-state index in [-0.39, 0.29) is 0 Å². The summed E-state index contributed by atoms with van der Waals surface area (Å²) in [7, 11) is 0. The van der Waals surface area contributed by atoms with Gasteiger partial charge >= 0.3 is 18.0 Å². The molecule has 0 heterocycles. The average Bonchev–Trinajstić information content (AvgIpc) is 1.80. The lowest BCUT2D eigenvalue weighted by Crippen LogP contribution is -2.63. The number of rotatable bonds is 1. The maximum Gasteiger partial charge on any atom is 0.437 e. The topological polar surface area (TPSA) is 40.1 Å². The molecule has 0 saturated heterocycles. The summed E-state index contributed by atoms with van der Waals surface area (Å²) < 4.78 is 80.0. The number of alkyl halides is 7. The summed E-state index contributed by atoms with van der Waals surface area (Å²) in [5.74, 6) is -3.88. The fourth-order valence-electron chi connectivity index (χ4n) is 0.392. The van der Waals surface area contributed by atoms with Crippen molar-refractivity contribution < 1.29 is 40.6 Å². The van der Waals surface area contributed by atoms with Gasteiger partial charge in [0.1, 0.15) is 0 Å². The standard InChI is InChI=1S/C4HF7O2/c5-2(1(12)13,3(6,7)8)4(9,10)11/h(H,12,13)/p-1. The first-order valence-electron chi connectivity index (χ1n) is 2.48. The van der Waals surface area contributed by atoms with Crippen LogP contribution in [0.4, 0.5) is 30.7 Å². The quantitative estimate of drug-likeness (QED) is 0.597. The minimum Gasteiger partial charge on any atom is -0.546 e. The van der Waals surface area contributed by atoms with E-state index in [0.29, 0.717) is 0 Å². The second-order valence-corrected chi connectivity index (χ2v) is 1.94. The van der Waals surface area contributed by atoms with Gasteiger partial charge in [-0.05, 0) is 0 Å². The van der Waals surface area contributed by atoms with Gasteiger partial charge in [0.05, 0.1) is 5.97 Å². The summed E-state index contributed by atoms with van der Waals surface area (Å²) in [4.78, 5) is 9.39. The second-order valence-electron chi connectivity index (χ2n) is 1.94. The Balaban J connectivity index is 5.35. The smallest absolute Gasteiger partial charge is 0.437 e. The van der Waals surface area contributed by atoms with Crippen molar-refractivity contribution in [2.75, 3.05) is 0 Å². The molecule has 9 heteroatoms. The summed E-state index contributed by atoms with van der Waals surface area (Å²) in [5.41, 5.74) is -6.32. The Morgan fingerprint density at radius 1 is 0.846 bits per heavy atom. The Morgan fingerprint density at radius 3 is 1.08 bits per heavy atom. The van der Waals surface area contributed by atoms with E-state index in [1.807, 2.05) is 0 Å². The molecule has 0 fully saturated rings. The van der Waals surface area contributed by atoms with Gasteiger partial charge in [0, 0.05) is 0 Å². The van der Waals surface area contributed by atoms with E-state index in [9.17, 15) is 40.6 Å². The van der Waals surface area contributed by atoms with Crippen molar-refractivity contribution in [1.82, 2.24) is 0 Å². The van der Waals surface area contributed by atoms with Crippen molar-refractivity contribution in [1.29, 1.82) is 0 Å². The van der Waals surface area contributed by atoms with Gasteiger partial charge < -0.3 is 9.90 Å². The van der Waals surface area contributed by atoms with E-state index in [0.717, 1.165) is 0 Å². The third kappa shape index (κ3) is 1.68. The lowest BCUT2D eigenvalue weighted by Gasteiger charge is -2.30. The van der Waals surface area contributed by atoms with E-state index in [1.165, 1.54) is 0 Å². The molecule has 0 bridgehead atoms. The average molecular weight is 213 g/mol. The van der Waals surface area contributed by atoms with Crippen LogP contribution in [0, 0.1) is 0 Å². The summed E-state index contributed by atoms with van der Waals surface area (Å²) in [6, 6.07) is 0. The molecule has 0 amide bonds. The van der Waals surface area contributed by atoms with E-state index in [2.05, 4.69) is 0 Å². The van der Waals surface area contributed by atoms with Gasteiger partial charge in [0.2, 0.25) is 0 Å². The molecular formula is C4F7O2-. The number of carbonyl (C=O) groups is 1. The molecule has 0 aromatic heterocycles. The highest BCUT2D eigenvalue weighted by molar-refractivity contribution is 5.77. The minimum atomic E-state index is -6.59. The number of carbonyl (C=O) groups excluding carboxylic acids is 1. The molecule has 78 valence electrons. The predicted octanol–water partition coefficient (Wildman–Crippen LogP) is 0.569. The SMILES string of the molecule is O=C([O-])C(F)(C(F)(F)F)C(F)(F)F. The molecule has 0 aliphatic rings. The zero-order valence-electron chi connectivity index (χ0n) is 5.46. The van der Waals surface area contributed by atoms with E-state index >= 15 is 0 Å². The fraction of sp³-hybridized carbons (Fsp3) is 0.750. The first-order chi connectivity index (χ1) is 5.44. The number of hydrogen-bond donors (Lipinski definition) is 0. The Hall–Kier alpha value is -1.02. The Bertz CT molecular complexity index is 200. The van der Waals surface area contributed by atoms with Gasteiger partial charge in [-0.3, -0.25) is 0 Å². The van der Waals surface area contributed by atoms with Gasteiger partial charge in [0.25, 0.3) is 0 Å². The van der Waals surface area contributed by atoms with Gasteiger partial charge in [-0.15, -0.1) is 0 Å². The number of carboxylic acid groups (broad SMARTS) is 1. The largest absolute Gasteiger partial charge is 0.546 e. The molecule has 2 nitrogen and oxygen atoms in total. The molecule has 0 unspecified atom stereocenters. The van der Waals surface area contributed by atoms with Crippen molar-refractivity contribution in [2.45, 2.75) is 18.0 Å². The van der Waals surface area contributed by atoms with Crippen molar-refractivity contribution in [3.05, 3.63) is 0 Å². The van der Waals surface area contributed by atoms with Crippen molar-refractivity contribution in [3.8, 4) is 0 Å². The van der Waals surface area contributed by atoms with Crippen LogP contribution >= 0.6 is 0 Å². The van der Waals surface area contributed by atoms with Crippen molar-refractivity contribution >= 4 is 5.97 Å². The fourth-order valence-corrected chi connectivity index (χ4v) is 0.392. The number of aliphatic carboxylic acids is 1. The zero-order valence-corrected chi connectivity index (χ0v) is 5.46. The van der Waals surface area contributed by atoms with Gasteiger partial charge in [-0.1, -0.05) is 0 Å². The first kappa shape index (κ1) is 12.0.